The fourth-order valence-electron chi connectivity index (χ4n) is 4.42. The normalized spacial score (nSPS) is 12.0. The summed E-state index contributed by atoms with van der Waals surface area (Å²) in [5.41, 5.74) is 9.48. The molecular weight excluding hydrogens is 509 g/mol. The average Bonchev–Trinajstić information content (AvgIpc) is 3.34. The van der Waals surface area contributed by atoms with Crippen LogP contribution in [-0.4, -0.2) is 37.4 Å². The lowest BCUT2D eigenvalue weighted by Gasteiger charge is -2.10. The first-order valence-electron chi connectivity index (χ1n) is 13.2. The van der Waals surface area contributed by atoms with Gasteiger partial charge in [-0.1, -0.05) is 13.8 Å². The molecule has 3 aromatic heterocycles. The summed E-state index contributed by atoms with van der Waals surface area (Å²) < 4.78 is 28.0. The van der Waals surface area contributed by atoms with Crippen molar-refractivity contribution < 1.29 is 13.9 Å². The third kappa shape index (κ3) is 6.18. The number of anilines is 1. The lowest BCUT2D eigenvalue weighted by atomic mass is 10.1. The predicted octanol–water partition coefficient (Wildman–Crippen LogP) is 5.69. The van der Waals surface area contributed by atoms with Crippen molar-refractivity contribution >= 4 is 11.3 Å². The van der Waals surface area contributed by atoms with Crippen LogP contribution in [0.1, 0.15) is 43.4 Å². The number of benzene rings is 2. The van der Waals surface area contributed by atoms with E-state index in [1.54, 1.807) is 24.7 Å². The monoisotopic (exact) mass is 541 g/mol. The summed E-state index contributed by atoms with van der Waals surface area (Å²) in [6.07, 6.45) is 7.90. The smallest absolute Gasteiger partial charge is 0.150 e. The van der Waals surface area contributed by atoms with Gasteiger partial charge < -0.3 is 20.5 Å². The Bertz CT molecular complexity index is 1590. The highest BCUT2D eigenvalue weighted by Gasteiger charge is 2.20. The Balaban J connectivity index is 1.34. The highest BCUT2D eigenvalue weighted by Crippen LogP contribution is 2.33. The Kier molecular flexibility index (Phi) is 8.16. The molecule has 9 nitrogen and oxygen atoms in total. The highest BCUT2D eigenvalue weighted by molar-refractivity contribution is 5.85. The number of imidazole rings is 1. The lowest BCUT2D eigenvalue weighted by molar-refractivity contribution is 0.301. The number of nitrogens with one attached hydrogen (secondary N) is 1. The summed E-state index contributed by atoms with van der Waals surface area (Å²) in [5.74, 6) is 2.98. The molecule has 206 valence electrons. The maximum Gasteiger partial charge on any atom is 0.150 e. The number of aromatic nitrogens is 5. The fraction of sp³-hybridized carbons (Fsp3) is 0.267. The minimum absolute atomic E-state index is 0.212. The molecule has 0 radical (unpaired) electrons. The van der Waals surface area contributed by atoms with Crippen molar-refractivity contribution in [2.24, 2.45) is 0 Å². The minimum atomic E-state index is -0.465. The molecule has 2 aromatic carbocycles. The quantitative estimate of drug-likeness (QED) is 0.205. The predicted molar refractivity (Wildman–Crippen MR) is 152 cm³/mol. The zero-order valence-electron chi connectivity index (χ0n) is 22.8. The van der Waals surface area contributed by atoms with Crippen molar-refractivity contribution in [3.63, 3.8) is 0 Å². The van der Waals surface area contributed by atoms with Crippen LogP contribution in [0.3, 0.4) is 0 Å². The number of rotatable bonds is 11. The van der Waals surface area contributed by atoms with Gasteiger partial charge in [-0.3, -0.25) is 4.40 Å². The molecule has 40 heavy (non-hydrogen) atoms. The molecule has 0 fully saturated rings. The van der Waals surface area contributed by atoms with Gasteiger partial charge in [0.05, 0.1) is 0 Å². The Hall–Kier alpha value is -4.57. The van der Waals surface area contributed by atoms with Crippen LogP contribution in [0.25, 0.3) is 16.8 Å². The number of halogens is 1. The minimum Gasteiger partial charge on any atom is -0.489 e. The summed E-state index contributed by atoms with van der Waals surface area (Å²) in [6.45, 7) is 8.11. The SMILES string of the molecule is CCNCCC(C)c1nc(-c2ccc(Oc3cc(F)cc(OCc4cnc(C)nc4)c3)cc2)c2c(N)nccn12. The summed E-state index contributed by atoms with van der Waals surface area (Å²) >= 11 is 0. The number of ether oxygens (including phenoxy) is 2. The molecule has 1 atom stereocenters. The van der Waals surface area contributed by atoms with Gasteiger partial charge in [0.2, 0.25) is 0 Å². The second kappa shape index (κ2) is 12.1. The first kappa shape index (κ1) is 27.0. The zero-order valence-corrected chi connectivity index (χ0v) is 22.8. The van der Waals surface area contributed by atoms with Crippen LogP contribution in [0.4, 0.5) is 10.2 Å². The molecule has 1 unspecified atom stereocenters. The van der Waals surface area contributed by atoms with E-state index in [0.717, 1.165) is 47.7 Å². The molecule has 0 aliphatic carbocycles. The van der Waals surface area contributed by atoms with E-state index in [-0.39, 0.29) is 12.5 Å². The fourth-order valence-corrected chi connectivity index (χ4v) is 4.42. The van der Waals surface area contributed by atoms with Crippen LogP contribution < -0.4 is 20.5 Å². The van der Waals surface area contributed by atoms with Gasteiger partial charge in [0.1, 0.15) is 58.3 Å². The van der Waals surface area contributed by atoms with E-state index in [1.165, 1.54) is 12.1 Å². The van der Waals surface area contributed by atoms with Crippen molar-refractivity contribution in [2.45, 2.75) is 39.7 Å². The molecular formula is C30H32FN7O2. The van der Waals surface area contributed by atoms with E-state index in [9.17, 15) is 4.39 Å². The second-order valence-electron chi connectivity index (χ2n) is 9.57. The number of fused-ring (bicyclic) bond motifs is 1. The Morgan fingerprint density at radius 1 is 1.02 bits per heavy atom. The summed E-state index contributed by atoms with van der Waals surface area (Å²) in [4.78, 5) is 17.6. The molecule has 5 rings (SSSR count). The Morgan fingerprint density at radius 2 is 1.77 bits per heavy atom. The maximum atomic E-state index is 14.3. The van der Waals surface area contributed by atoms with Crippen LogP contribution in [-0.2, 0) is 6.61 Å². The highest BCUT2D eigenvalue weighted by atomic mass is 19.1. The number of aryl methyl sites for hydroxylation is 1. The standard InChI is InChI=1S/C30H32FN7O2/c1-4-33-10-9-19(2)30-37-27(28-29(32)34-11-12-38(28)30)22-5-7-24(8-6-22)40-26-14-23(31)13-25(15-26)39-18-21-16-35-20(3)36-17-21/h5-8,11-17,19,33H,4,9-10,18H2,1-3H3,(H2,32,34). The molecule has 0 spiro atoms. The van der Waals surface area contributed by atoms with E-state index in [0.29, 0.717) is 28.9 Å². The van der Waals surface area contributed by atoms with E-state index in [2.05, 4.69) is 34.1 Å². The van der Waals surface area contributed by atoms with Crippen LogP contribution in [0, 0.1) is 12.7 Å². The first-order valence-corrected chi connectivity index (χ1v) is 13.2. The van der Waals surface area contributed by atoms with Gasteiger partial charge in [0, 0.05) is 60.0 Å². The van der Waals surface area contributed by atoms with Crippen molar-refractivity contribution in [3.05, 3.63) is 90.3 Å². The van der Waals surface area contributed by atoms with Gasteiger partial charge in [-0.2, -0.15) is 0 Å². The van der Waals surface area contributed by atoms with Crippen molar-refractivity contribution in [2.75, 3.05) is 18.8 Å². The van der Waals surface area contributed by atoms with Crippen LogP contribution >= 0.6 is 0 Å². The largest absolute Gasteiger partial charge is 0.489 e. The molecule has 0 aliphatic rings. The van der Waals surface area contributed by atoms with Crippen LogP contribution in [0.15, 0.2) is 67.3 Å². The topological polar surface area (TPSA) is 112 Å². The number of nitrogen functional groups attached to an aromatic ring is 1. The van der Waals surface area contributed by atoms with Gasteiger partial charge in [0.15, 0.2) is 0 Å². The molecule has 0 bridgehead atoms. The Morgan fingerprint density at radius 3 is 2.52 bits per heavy atom. The average molecular weight is 542 g/mol. The van der Waals surface area contributed by atoms with E-state index in [1.807, 2.05) is 41.8 Å². The lowest BCUT2D eigenvalue weighted by Crippen LogP contribution is -2.16. The second-order valence-corrected chi connectivity index (χ2v) is 9.57. The van der Waals surface area contributed by atoms with Crippen molar-refractivity contribution in [3.8, 4) is 28.5 Å². The van der Waals surface area contributed by atoms with Crippen molar-refractivity contribution in [1.29, 1.82) is 0 Å². The Labute approximate surface area is 232 Å². The molecule has 3 N–H and O–H groups in total. The molecule has 0 amide bonds. The third-order valence-electron chi connectivity index (χ3n) is 6.50. The number of nitrogens with two attached hydrogens (primary N) is 1. The molecule has 5 aromatic rings. The van der Waals surface area contributed by atoms with E-state index >= 15 is 0 Å². The first-order chi connectivity index (χ1) is 19.4. The molecule has 0 saturated heterocycles. The summed E-state index contributed by atoms with van der Waals surface area (Å²) in [6, 6.07) is 11.7. The van der Waals surface area contributed by atoms with Gasteiger partial charge in [-0.25, -0.2) is 24.3 Å². The van der Waals surface area contributed by atoms with Gasteiger partial charge in [-0.05, 0) is 50.7 Å². The summed E-state index contributed by atoms with van der Waals surface area (Å²) in [7, 11) is 0. The number of nitrogens with zero attached hydrogens (tertiary/aromatic N) is 5. The van der Waals surface area contributed by atoms with E-state index < -0.39 is 5.82 Å². The molecule has 0 saturated carbocycles. The van der Waals surface area contributed by atoms with E-state index in [4.69, 9.17) is 20.2 Å². The van der Waals surface area contributed by atoms with Crippen molar-refractivity contribution in [1.82, 2.24) is 29.7 Å². The summed E-state index contributed by atoms with van der Waals surface area (Å²) in [5, 5.41) is 3.37. The zero-order chi connectivity index (χ0) is 28.1. The molecule has 3 heterocycles. The van der Waals surface area contributed by atoms with Crippen LogP contribution in [0.5, 0.6) is 17.2 Å². The van der Waals surface area contributed by atoms with Gasteiger partial charge >= 0.3 is 0 Å². The number of hydrogen-bond donors (Lipinski definition) is 2. The molecule has 0 aliphatic heterocycles. The van der Waals surface area contributed by atoms with Crippen LogP contribution in [0.2, 0.25) is 0 Å². The molecule has 10 heteroatoms. The van der Waals surface area contributed by atoms with Gasteiger partial charge in [-0.15, -0.1) is 0 Å². The maximum absolute atomic E-state index is 14.3. The van der Waals surface area contributed by atoms with Gasteiger partial charge in [0.25, 0.3) is 0 Å². The number of hydrogen-bond acceptors (Lipinski definition) is 8. The third-order valence-corrected chi connectivity index (χ3v) is 6.50.